The molecule has 0 radical (unpaired) electrons. The van der Waals surface area contributed by atoms with Crippen molar-refractivity contribution in [1.82, 2.24) is 5.32 Å². The predicted octanol–water partition coefficient (Wildman–Crippen LogP) is 1.74. The van der Waals surface area contributed by atoms with E-state index in [-0.39, 0.29) is 5.91 Å². The number of hydrogen-bond donors (Lipinski definition) is 2. The Morgan fingerprint density at radius 1 is 1.29 bits per heavy atom. The van der Waals surface area contributed by atoms with Crippen molar-refractivity contribution in [3.8, 4) is 11.5 Å². The van der Waals surface area contributed by atoms with E-state index in [1.807, 2.05) is 32.0 Å². The van der Waals surface area contributed by atoms with E-state index in [9.17, 15) is 4.79 Å². The van der Waals surface area contributed by atoms with Gasteiger partial charge in [0.25, 0.3) is 0 Å². The van der Waals surface area contributed by atoms with Crippen LogP contribution in [0.1, 0.15) is 25.8 Å². The molecular weight excluding hydrogens is 268 g/mol. The lowest BCUT2D eigenvalue weighted by atomic mass is 10.0. The van der Waals surface area contributed by atoms with E-state index in [1.165, 1.54) is 0 Å². The summed E-state index contributed by atoms with van der Waals surface area (Å²) in [7, 11) is 3.25. The summed E-state index contributed by atoms with van der Waals surface area (Å²) in [5.41, 5.74) is 6.84. The lowest BCUT2D eigenvalue weighted by Crippen LogP contribution is -2.42. The molecule has 0 heterocycles. The zero-order valence-corrected chi connectivity index (χ0v) is 13.3. The van der Waals surface area contributed by atoms with Crippen LogP contribution in [0.2, 0.25) is 0 Å². The fraction of sp³-hybridized carbons (Fsp3) is 0.562. The van der Waals surface area contributed by atoms with Crippen molar-refractivity contribution in [3.05, 3.63) is 23.8 Å². The fourth-order valence-corrected chi connectivity index (χ4v) is 2.14. The van der Waals surface area contributed by atoms with Crippen LogP contribution in [0.3, 0.4) is 0 Å². The summed E-state index contributed by atoms with van der Waals surface area (Å²) in [4.78, 5) is 11.9. The molecule has 0 saturated carbocycles. The highest BCUT2D eigenvalue weighted by Crippen LogP contribution is 2.24. The number of rotatable bonds is 8. The van der Waals surface area contributed by atoms with Crippen molar-refractivity contribution in [3.63, 3.8) is 0 Å². The van der Waals surface area contributed by atoms with E-state index in [0.29, 0.717) is 25.3 Å². The van der Waals surface area contributed by atoms with Gasteiger partial charge in [0.2, 0.25) is 5.91 Å². The lowest BCUT2D eigenvalue weighted by Gasteiger charge is -2.15. The van der Waals surface area contributed by atoms with E-state index in [1.54, 1.807) is 14.2 Å². The third-order valence-electron chi connectivity index (χ3n) is 3.24. The van der Waals surface area contributed by atoms with Gasteiger partial charge in [0.1, 0.15) is 11.5 Å². The second kappa shape index (κ2) is 8.52. The molecule has 1 aromatic carbocycles. The Morgan fingerprint density at radius 3 is 2.57 bits per heavy atom. The van der Waals surface area contributed by atoms with Crippen molar-refractivity contribution in [1.29, 1.82) is 0 Å². The number of nitrogens with one attached hydrogen (secondary N) is 1. The third kappa shape index (κ3) is 5.63. The Kier molecular flexibility index (Phi) is 7.02. The van der Waals surface area contributed by atoms with Gasteiger partial charge in [0.05, 0.1) is 20.3 Å². The maximum atomic E-state index is 11.9. The second-order valence-electron chi connectivity index (χ2n) is 5.45. The molecule has 1 aromatic rings. The van der Waals surface area contributed by atoms with Crippen LogP contribution in [0.15, 0.2) is 18.2 Å². The Morgan fingerprint density at radius 2 is 2.00 bits per heavy atom. The standard InChI is InChI=1S/C16H26N2O3/c1-11(2)9-14(17)16(19)18-8-7-12-10-13(20-3)5-6-15(12)21-4/h5-6,10-11,14H,7-9,17H2,1-4H3,(H,18,19)/t14-/m0/s1. The quantitative estimate of drug-likeness (QED) is 0.766. The number of hydrogen-bond acceptors (Lipinski definition) is 4. The normalized spacial score (nSPS) is 12.1. The molecule has 0 aliphatic carbocycles. The van der Waals surface area contributed by atoms with Crippen LogP contribution in [-0.2, 0) is 11.2 Å². The molecule has 1 amide bonds. The summed E-state index contributed by atoms with van der Waals surface area (Å²) < 4.78 is 10.5. The molecule has 0 aromatic heterocycles. The van der Waals surface area contributed by atoms with E-state index in [4.69, 9.17) is 15.2 Å². The average Bonchev–Trinajstić information content (AvgIpc) is 2.46. The number of carbonyl (C=O) groups is 1. The van der Waals surface area contributed by atoms with Crippen molar-refractivity contribution in [2.24, 2.45) is 11.7 Å². The summed E-state index contributed by atoms with van der Waals surface area (Å²) in [6, 6.07) is 5.18. The molecule has 5 nitrogen and oxygen atoms in total. The van der Waals surface area contributed by atoms with Gasteiger partial charge in [-0.3, -0.25) is 4.79 Å². The van der Waals surface area contributed by atoms with E-state index in [0.717, 1.165) is 17.1 Å². The van der Waals surface area contributed by atoms with Crippen molar-refractivity contribution in [2.75, 3.05) is 20.8 Å². The summed E-state index contributed by atoms with van der Waals surface area (Å²) >= 11 is 0. The lowest BCUT2D eigenvalue weighted by molar-refractivity contribution is -0.122. The van der Waals surface area contributed by atoms with Gasteiger partial charge in [0, 0.05) is 6.54 Å². The Bertz CT molecular complexity index is 461. The molecule has 0 unspecified atom stereocenters. The summed E-state index contributed by atoms with van der Waals surface area (Å²) in [6.45, 7) is 4.62. The molecular formula is C16H26N2O3. The van der Waals surface area contributed by atoms with Crippen molar-refractivity contribution < 1.29 is 14.3 Å². The van der Waals surface area contributed by atoms with E-state index in [2.05, 4.69) is 5.32 Å². The molecule has 118 valence electrons. The highest BCUT2D eigenvalue weighted by atomic mass is 16.5. The topological polar surface area (TPSA) is 73.6 Å². The second-order valence-corrected chi connectivity index (χ2v) is 5.45. The number of benzene rings is 1. The number of ether oxygens (including phenoxy) is 2. The van der Waals surface area contributed by atoms with Crippen LogP contribution >= 0.6 is 0 Å². The maximum Gasteiger partial charge on any atom is 0.236 e. The van der Waals surface area contributed by atoms with Crippen LogP contribution in [-0.4, -0.2) is 32.7 Å². The molecule has 0 fully saturated rings. The van der Waals surface area contributed by atoms with Crippen molar-refractivity contribution >= 4 is 5.91 Å². The Labute approximate surface area is 126 Å². The first-order valence-electron chi connectivity index (χ1n) is 7.22. The van der Waals surface area contributed by atoms with E-state index >= 15 is 0 Å². The molecule has 1 rings (SSSR count). The Hall–Kier alpha value is -1.75. The minimum atomic E-state index is -0.447. The van der Waals surface area contributed by atoms with Gasteiger partial charge in [-0.25, -0.2) is 0 Å². The third-order valence-corrected chi connectivity index (χ3v) is 3.24. The summed E-state index contributed by atoms with van der Waals surface area (Å²) in [5.74, 6) is 1.86. The minimum absolute atomic E-state index is 0.106. The number of amides is 1. The monoisotopic (exact) mass is 294 g/mol. The zero-order chi connectivity index (χ0) is 15.8. The van der Waals surface area contributed by atoms with Gasteiger partial charge in [-0.05, 0) is 42.5 Å². The first-order valence-corrected chi connectivity index (χ1v) is 7.22. The molecule has 1 atom stereocenters. The molecule has 0 aliphatic heterocycles. The maximum absolute atomic E-state index is 11.9. The van der Waals surface area contributed by atoms with Crippen LogP contribution in [0.5, 0.6) is 11.5 Å². The van der Waals surface area contributed by atoms with Crippen LogP contribution in [0.25, 0.3) is 0 Å². The van der Waals surface area contributed by atoms with Gasteiger partial charge in [-0.2, -0.15) is 0 Å². The number of carbonyl (C=O) groups excluding carboxylic acids is 1. The summed E-state index contributed by atoms with van der Waals surface area (Å²) in [5, 5.41) is 2.86. The number of nitrogens with two attached hydrogens (primary N) is 1. The fourth-order valence-electron chi connectivity index (χ4n) is 2.14. The molecule has 21 heavy (non-hydrogen) atoms. The van der Waals surface area contributed by atoms with E-state index < -0.39 is 6.04 Å². The first-order chi connectivity index (χ1) is 9.97. The smallest absolute Gasteiger partial charge is 0.236 e. The molecule has 3 N–H and O–H groups in total. The molecule has 5 heteroatoms. The van der Waals surface area contributed by atoms with Crippen LogP contribution < -0.4 is 20.5 Å². The van der Waals surface area contributed by atoms with Gasteiger partial charge in [0.15, 0.2) is 0 Å². The highest BCUT2D eigenvalue weighted by molar-refractivity contribution is 5.81. The molecule has 0 spiro atoms. The SMILES string of the molecule is COc1ccc(OC)c(CCNC(=O)[C@@H](N)CC(C)C)c1. The molecule has 0 saturated heterocycles. The average molecular weight is 294 g/mol. The van der Waals surface area contributed by atoms with Gasteiger partial charge in [-0.1, -0.05) is 13.8 Å². The highest BCUT2D eigenvalue weighted by Gasteiger charge is 2.14. The molecule has 0 bridgehead atoms. The molecule has 0 aliphatic rings. The van der Waals surface area contributed by atoms with Gasteiger partial charge < -0.3 is 20.5 Å². The van der Waals surface area contributed by atoms with Gasteiger partial charge >= 0.3 is 0 Å². The van der Waals surface area contributed by atoms with Crippen molar-refractivity contribution in [2.45, 2.75) is 32.7 Å². The zero-order valence-electron chi connectivity index (χ0n) is 13.3. The Balaban J connectivity index is 2.53. The summed E-state index contributed by atoms with van der Waals surface area (Å²) in [6.07, 6.45) is 1.36. The minimum Gasteiger partial charge on any atom is -0.497 e. The largest absolute Gasteiger partial charge is 0.497 e. The predicted molar refractivity (Wildman–Crippen MR) is 83.7 cm³/mol. The first kappa shape index (κ1) is 17.3. The van der Waals surface area contributed by atoms with Gasteiger partial charge in [-0.15, -0.1) is 0 Å². The van der Waals surface area contributed by atoms with Crippen LogP contribution in [0.4, 0.5) is 0 Å². The van der Waals surface area contributed by atoms with Crippen LogP contribution in [0, 0.1) is 5.92 Å². The number of methoxy groups -OCH3 is 2.